The van der Waals surface area contributed by atoms with E-state index in [2.05, 4.69) is 57.1 Å². The molecule has 0 aliphatic rings. The number of rotatable bonds is 8. The number of anilines is 1. The normalized spacial score (nSPS) is 12.8. The molecule has 1 unspecified atom stereocenters. The maximum atomic E-state index is 6.19. The van der Waals surface area contributed by atoms with Gasteiger partial charge in [-0.25, -0.2) is 0 Å². The van der Waals surface area contributed by atoms with Crippen molar-refractivity contribution in [2.24, 2.45) is 5.92 Å². The Morgan fingerprint density at radius 2 is 1.95 bits per heavy atom. The monoisotopic (exact) mass is 296 g/mol. The minimum absolute atomic E-state index is 0.512. The molecule has 0 aliphatic carbocycles. The molecule has 20 heavy (non-hydrogen) atoms. The van der Waals surface area contributed by atoms with E-state index in [-0.39, 0.29) is 0 Å². The van der Waals surface area contributed by atoms with Gasteiger partial charge < -0.3 is 10.2 Å². The largest absolute Gasteiger partial charge is 0.372 e. The van der Waals surface area contributed by atoms with Crippen molar-refractivity contribution in [3.05, 3.63) is 28.8 Å². The highest BCUT2D eigenvalue weighted by Gasteiger charge is 2.15. The first-order valence-corrected chi connectivity index (χ1v) is 8.05. The Morgan fingerprint density at radius 3 is 2.55 bits per heavy atom. The maximum Gasteiger partial charge on any atom is 0.0426 e. The van der Waals surface area contributed by atoms with Crippen molar-refractivity contribution in [2.75, 3.05) is 18.5 Å². The lowest BCUT2D eigenvalue weighted by Gasteiger charge is -2.30. The number of hydrogen-bond donors (Lipinski definition) is 1. The third kappa shape index (κ3) is 5.34. The van der Waals surface area contributed by atoms with Gasteiger partial charge in [-0.1, -0.05) is 38.4 Å². The van der Waals surface area contributed by atoms with Gasteiger partial charge in [0.2, 0.25) is 0 Å². The van der Waals surface area contributed by atoms with E-state index in [1.165, 1.54) is 17.7 Å². The van der Waals surface area contributed by atoms with Gasteiger partial charge in [-0.2, -0.15) is 0 Å². The van der Waals surface area contributed by atoms with E-state index in [4.69, 9.17) is 11.6 Å². The lowest BCUT2D eigenvalue weighted by molar-refractivity contribution is 0.503. The molecule has 0 fully saturated rings. The molecule has 0 heterocycles. The van der Waals surface area contributed by atoms with Crippen LogP contribution in [0.4, 0.5) is 5.69 Å². The number of nitrogens with one attached hydrogen (secondary N) is 1. The summed E-state index contributed by atoms with van der Waals surface area (Å²) in [6, 6.07) is 6.72. The molecule has 3 heteroatoms. The molecular weight excluding hydrogens is 268 g/mol. The molecule has 1 N–H and O–H groups in total. The molecule has 1 rings (SSSR count). The molecule has 0 saturated carbocycles. The van der Waals surface area contributed by atoms with Crippen LogP contribution in [0.1, 0.15) is 46.1 Å². The van der Waals surface area contributed by atoms with Crippen LogP contribution in [0.3, 0.4) is 0 Å². The van der Waals surface area contributed by atoms with Crippen LogP contribution in [0.15, 0.2) is 18.2 Å². The van der Waals surface area contributed by atoms with Crippen molar-refractivity contribution in [3.63, 3.8) is 0 Å². The Morgan fingerprint density at radius 1 is 1.25 bits per heavy atom. The van der Waals surface area contributed by atoms with Crippen LogP contribution in [0.25, 0.3) is 0 Å². The quantitative estimate of drug-likeness (QED) is 0.699. The number of nitrogens with zero attached hydrogens (tertiary/aromatic N) is 1. The number of halogens is 1. The molecule has 1 aromatic rings. The Balaban J connectivity index is 2.86. The van der Waals surface area contributed by atoms with Crippen molar-refractivity contribution < 1.29 is 0 Å². The molecule has 0 saturated heterocycles. The fraction of sp³-hybridized carbons (Fsp3) is 0.647. The van der Waals surface area contributed by atoms with Gasteiger partial charge in [-0.3, -0.25) is 0 Å². The SMILES string of the molecule is CCCNCc1ccc(Cl)cc1N(C)C(C)CC(C)C. The van der Waals surface area contributed by atoms with E-state index in [0.29, 0.717) is 12.0 Å². The molecule has 114 valence electrons. The van der Waals surface area contributed by atoms with Gasteiger partial charge in [0, 0.05) is 30.3 Å². The number of benzene rings is 1. The lowest BCUT2D eigenvalue weighted by Crippen LogP contribution is -2.31. The van der Waals surface area contributed by atoms with E-state index in [1.54, 1.807) is 0 Å². The average Bonchev–Trinajstić information content (AvgIpc) is 2.39. The third-order valence-electron chi connectivity index (χ3n) is 3.64. The first-order valence-electron chi connectivity index (χ1n) is 7.67. The summed E-state index contributed by atoms with van der Waals surface area (Å²) in [7, 11) is 2.17. The minimum atomic E-state index is 0.512. The van der Waals surface area contributed by atoms with Crippen LogP contribution in [0, 0.1) is 5.92 Å². The van der Waals surface area contributed by atoms with Gasteiger partial charge >= 0.3 is 0 Å². The standard InChI is InChI=1S/C17H29ClN2/c1-6-9-19-12-15-7-8-16(18)11-17(15)20(5)14(4)10-13(2)3/h7-8,11,13-14,19H,6,9-10,12H2,1-5H3. The zero-order chi connectivity index (χ0) is 15.1. The summed E-state index contributed by atoms with van der Waals surface area (Å²) in [4.78, 5) is 2.36. The zero-order valence-corrected chi connectivity index (χ0v) is 14.3. The Kier molecular flexibility index (Phi) is 7.39. The van der Waals surface area contributed by atoms with Gasteiger partial charge in [0.15, 0.2) is 0 Å². The van der Waals surface area contributed by atoms with Crippen molar-refractivity contribution >= 4 is 17.3 Å². The Hall–Kier alpha value is -0.730. The van der Waals surface area contributed by atoms with E-state index in [1.807, 2.05) is 6.07 Å². The molecule has 2 nitrogen and oxygen atoms in total. The van der Waals surface area contributed by atoms with Gasteiger partial charge in [0.25, 0.3) is 0 Å². The molecular formula is C17H29ClN2. The predicted octanol–water partition coefficient (Wildman–Crippen LogP) is 4.71. The molecule has 0 amide bonds. The molecule has 0 bridgehead atoms. The highest BCUT2D eigenvalue weighted by Crippen LogP contribution is 2.27. The molecule has 0 aliphatic heterocycles. The van der Waals surface area contributed by atoms with Gasteiger partial charge in [0.05, 0.1) is 0 Å². The highest BCUT2D eigenvalue weighted by molar-refractivity contribution is 6.30. The summed E-state index contributed by atoms with van der Waals surface area (Å²) in [5.74, 6) is 0.702. The summed E-state index contributed by atoms with van der Waals surface area (Å²) in [6.07, 6.45) is 2.34. The van der Waals surface area contributed by atoms with Crippen LogP contribution >= 0.6 is 11.6 Å². The maximum absolute atomic E-state index is 6.19. The van der Waals surface area contributed by atoms with Crippen LogP contribution in [-0.2, 0) is 6.54 Å². The van der Waals surface area contributed by atoms with Crippen molar-refractivity contribution in [3.8, 4) is 0 Å². The third-order valence-corrected chi connectivity index (χ3v) is 3.88. The predicted molar refractivity (Wildman–Crippen MR) is 90.8 cm³/mol. The molecule has 0 aromatic heterocycles. The second kappa shape index (κ2) is 8.53. The topological polar surface area (TPSA) is 15.3 Å². The van der Waals surface area contributed by atoms with E-state index in [9.17, 15) is 0 Å². The van der Waals surface area contributed by atoms with Gasteiger partial charge in [-0.05, 0) is 49.9 Å². The molecule has 1 atom stereocenters. The fourth-order valence-electron chi connectivity index (χ4n) is 2.49. The zero-order valence-electron chi connectivity index (χ0n) is 13.5. The summed E-state index contributed by atoms with van der Waals surface area (Å²) in [6.45, 7) is 11.0. The first kappa shape index (κ1) is 17.3. The first-order chi connectivity index (χ1) is 9.45. The van der Waals surface area contributed by atoms with E-state index < -0.39 is 0 Å². The van der Waals surface area contributed by atoms with Crippen LogP contribution in [0.5, 0.6) is 0 Å². The lowest BCUT2D eigenvalue weighted by atomic mass is 10.0. The Bertz CT molecular complexity index is 404. The summed E-state index contributed by atoms with van der Waals surface area (Å²) < 4.78 is 0. The summed E-state index contributed by atoms with van der Waals surface area (Å²) in [5, 5.41) is 4.28. The van der Waals surface area contributed by atoms with Crippen LogP contribution in [-0.4, -0.2) is 19.6 Å². The smallest absolute Gasteiger partial charge is 0.0426 e. The minimum Gasteiger partial charge on any atom is -0.372 e. The van der Waals surface area contributed by atoms with Gasteiger partial charge in [0.1, 0.15) is 0 Å². The van der Waals surface area contributed by atoms with E-state index >= 15 is 0 Å². The second-order valence-corrected chi connectivity index (χ2v) is 6.48. The molecule has 1 aromatic carbocycles. The Labute approximate surface area is 129 Å². The molecule has 0 spiro atoms. The molecule has 0 radical (unpaired) electrons. The number of hydrogen-bond acceptors (Lipinski definition) is 2. The van der Waals surface area contributed by atoms with Crippen LogP contribution < -0.4 is 10.2 Å². The summed E-state index contributed by atoms with van der Waals surface area (Å²) in [5.41, 5.74) is 2.57. The fourth-order valence-corrected chi connectivity index (χ4v) is 2.66. The van der Waals surface area contributed by atoms with E-state index in [0.717, 1.165) is 24.5 Å². The van der Waals surface area contributed by atoms with Crippen molar-refractivity contribution in [1.82, 2.24) is 5.32 Å². The van der Waals surface area contributed by atoms with Crippen LogP contribution in [0.2, 0.25) is 5.02 Å². The van der Waals surface area contributed by atoms with Crippen molar-refractivity contribution in [2.45, 2.75) is 53.1 Å². The summed E-state index contributed by atoms with van der Waals surface area (Å²) >= 11 is 6.19. The second-order valence-electron chi connectivity index (χ2n) is 6.04. The highest BCUT2D eigenvalue weighted by atomic mass is 35.5. The average molecular weight is 297 g/mol. The van der Waals surface area contributed by atoms with Crippen molar-refractivity contribution in [1.29, 1.82) is 0 Å². The van der Waals surface area contributed by atoms with Gasteiger partial charge in [-0.15, -0.1) is 0 Å².